The summed E-state index contributed by atoms with van der Waals surface area (Å²) < 4.78 is 51.7. The molecule has 8 heteroatoms. The minimum absolute atomic E-state index is 0.0281. The first kappa shape index (κ1) is 15.5. The number of hydrogen-bond donors (Lipinski definition) is 1. The van der Waals surface area contributed by atoms with Gasteiger partial charge < -0.3 is 10.2 Å². The Bertz CT molecular complexity index is 525. The summed E-state index contributed by atoms with van der Waals surface area (Å²) in [5.41, 5.74) is -0.181. The minimum Gasteiger partial charge on any atom is -0.371 e. The third kappa shape index (κ3) is 3.25. The number of halogens is 4. The number of pyridine rings is 1. The summed E-state index contributed by atoms with van der Waals surface area (Å²) in [6, 6.07) is 1.23. The molecule has 1 aliphatic rings. The van der Waals surface area contributed by atoms with Crippen molar-refractivity contribution in [3.8, 4) is 0 Å². The summed E-state index contributed by atoms with van der Waals surface area (Å²) in [5, 5.41) is 2.51. The van der Waals surface area contributed by atoms with E-state index < -0.39 is 23.8 Å². The van der Waals surface area contributed by atoms with Crippen LogP contribution in [0.3, 0.4) is 0 Å². The predicted octanol–water partition coefficient (Wildman–Crippen LogP) is 2.68. The molecule has 1 aromatic rings. The molecule has 1 saturated heterocycles. The Morgan fingerprint density at radius 3 is 2.52 bits per heavy atom. The molecule has 0 saturated carbocycles. The number of carbonyl (C=O) groups is 1. The molecule has 0 aliphatic carbocycles. The molecular weight excluding hydrogens is 290 g/mol. The second-order valence-corrected chi connectivity index (χ2v) is 4.88. The van der Waals surface area contributed by atoms with Crippen molar-refractivity contribution in [1.82, 2.24) is 9.88 Å². The zero-order chi connectivity index (χ0) is 15.6. The fourth-order valence-corrected chi connectivity index (χ4v) is 2.36. The Kier molecular flexibility index (Phi) is 4.34. The van der Waals surface area contributed by atoms with Crippen molar-refractivity contribution in [2.75, 3.05) is 25.5 Å². The average molecular weight is 305 g/mol. The van der Waals surface area contributed by atoms with Gasteiger partial charge in [-0.05, 0) is 18.9 Å². The summed E-state index contributed by atoms with van der Waals surface area (Å²) in [6.07, 6.45) is -3.26. The summed E-state index contributed by atoms with van der Waals surface area (Å²) >= 11 is 0. The summed E-state index contributed by atoms with van der Waals surface area (Å²) in [7, 11) is 1.47. The van der Waals surface area contributed by atoms with Gasteiger partial charge in [-0.25, -0.2) is 9.37 Å². The molecule has 1 aliphatic heterocycles. The molecule has 21 heavy (non-hydrogen) atoms. The van der Waals surface area contributed by atoms with Gasteiger partial charge in [0.05, 0.1) is 11.5 Å². The van der Waals surface area contributed by atoms with E-state index in [-0.39, 0.29) is 37.3 Å². The van der Waals surface area contributed by atoms with Gasteiger partial charge in [0.1, 0.15) is 0 Å². The van der Waals surface area contributed by atoms with Gasteiger partial charge in [0, 0.05) is 26.3 Å². The van der Waals surface area contributed by atoms with Gasteiger partial charge in [0.15, 0.2) is 11.6 Å². The van der Waals surface area contributed by atoms with Crippen LogP contribution >= 0.6 is 0 Å². The van der Waals surface area contributed by atoms with Crippen LogP contribution in [0.1, 0.15) is 23.2 Å². The second-order valence-electron chi connectivity index (χ2n) is 4.88. The number of alkyl halides is 3. The Hall–Kier alpha value is -1.86. The smallest absolute Gasteiger partial charge is 0.371 e. The number of piperidine rings is 1. The first-order valence-corrected chi connectivity index (χ1v) is 6.53. The van der Waals surface area contributed by atoms with E-state index in [4.69, 9.17) is 0 Å². The maximum atomic E-state index is 14.0. The van der Waals surface area contributed by atoms with E-state index >= 15 is 0 Å². The molecule has 0 radical (unpaired) electrons. The van der Waals surface area contributed by atoms with Crippen molar-refractivity contribution in [2.24, 2.45) is 5.92 Å². The van der Waals surface area contributed by atoms with Gasteiger partial charge in [-0.3, -0.25) is 4.79 Å². The highest BCUT2D eigenvalue weighted by Crippen LogP contribution is 2.34. The van der Waals surface area contributed by atoms with Crippen molar-refractivity contribution < 1.29 is 22.4 Å². The number of likely N-dealkylation sites (tertiary alicyclic amines) is 1. The lowest BCUT2D eigenvalue weighted by Crippen LogP contribution is -2.42. The predicted molar refractivity (Wildman–Crippen MR) is 68.4 cm³/mol. The molecule has 2 rings (SSSR count). The Morgan fingerprint density at radius 2 is 2.00 bits per heavy atom. The van der Waals surface area contributed by atoms with E-state index in [1.165, 1.54) is 24.2 Å². The van der Waals surface area contributed by atoms with E-state index in [9.17, 15) is 22.4 Å². The zero-order valence-corrected chi connectivity index (χ0v) is 11.4. The maximum Gasteiger partial charge on any atom is 0.391 e. The van der Waals surface area contributed by atoms with E-state index in [2.05, 4.69) is 10.3 Å². The third-order valence-corrected chi connectivity index (χ3v) is 3.60. The number of carbonyl (C=O) groups excluding carboxylic acids is 1. The van der Waals surface area contributed by atoms with Crippen LogP contribution in [0.5, 0.6) is 0 Å². The minimum atomic E-state index is -4.24. The van der Waals surface area contributed by atoms with Crippen LogP contribution in [0, 0.1) is 11.7 Å². The Balaban J connectivity index is 2.09. The van der Waals surface area contributed by atoms with Crippen molar-refractivity contribution in [2.45, 2.75) is 19.0 Å². The molecule has 0 unspecified atom stereocenters. The third-order valence-electron chi connectivity index (χ3n) is 3.60. The van der Waals surface area contributed by atoms with Crippen molar-refractivity contribution in [1.29, 1.82) is 0 Å². The lowest BCUT2D eigenvalue weighted by Gasteiger charge is -2.33. The van der Waals surface area contributed by atoms with E-state index in [1.54, 1.807) is 0 Å². The summed E-state index contributed by atoms with van der Waals surface area (Å²) in [6.45, 7) is -0.0562. The normalized spacial score (nSPS) is 16.9. The number of anilines is 1. The van der Waals surface area contributed by atoms with Gasteiger partial charge in [0.25, 0.3) is 5.91 Å². The molecule has 1 fully saturated rings. The van der Waals surface area contributed by atoms with E-state index in [0.29, 0.717) is 0 Å². The summed E-state index contributed by atoms with van der Waals surface area (Å²) in [5.74, 6) is -2.85. The van der Waals surface area contributed by atoms with Gasteiger partial charge in [0.2, 0.25) is 0 Å². The largest absolute Gasteiger partial charge is 0.391 e. The van der Waals surface area contributed by atoms with Crippen LogP contribution in [0.15, 0.2) is 12.3 Å². The second kappa shape index (κ2) is 5.87. The highest BCUT2D eigenvalue weighted by molar-refractivity contribution is 5.95. The quantitative estimate of drug-likeness (QED) is 0.855. The molecule has 4 nitrogen and oxygen atoms in total. The molecule has 1 aromatic heterocycles. The van der Waals surface area contributed by atoms with Gasteiger partial charge >= 0.3 is 6.18 Å². The molecule has 1 amide bonds. The monoisotopic (exact) mass is 305 g/mol. The number of nitrogens with zero attached hydrogens (tertiary/aromatic N) is 2. The van der Waals surface area contributed by atoms with Crippen molar-refractivity contribution >= 4 is 11.7 Å². The number of aromatic nitrogens is 1. The first-order chi connectivity index (χ1) is 9.84. The van der Waals surface area contributed by atoms with Gasteiger partial charge in [-0.15, -0.1) is 0 Å². The molecular formula is C13H15F4N3O. The topological polar surface area (TPSA) is 45.2 Å². The fraction of sp³-hybridized carbons (Fsp3) is 0.538. The summed E-state index contributed by atoms with van der Waals surface area (Å²) in [4.78, 5) is 17.2. The van der Waals surface area contributed by atoms with Gasteiger partial charge in [-0.2, -0.15) is 13.2 Å². The Labute approximate surface area is 119 Å². The van der Waals surface area contributed by atoms with Gasteiger partial charge in [-0.1, -0.05) is 0 Å². The molecule has 0 spiro atoms. The highest BCUT2D eigenvalue weighted by atomic mass is 19.4. The van der Waals surface area contributed by atoms with Crippen LogP contribution < -0.4 is 5.32 Å². The van der Waals surface area contributed by atoms with Crippen LogP contribution in [0.25, 0.3) is 0 Å². The lowest BCUT2D eigenvalue weighted by atomic mass is 9.96. The molecule has 0 bridgehead atoms. The first-order valence-electron chi connectivity index (χ1n) is 6.53. The number of hydrogen-bond acceptors (Lipinski definition) is 3. The molecule has 0 atom stereocenters. The van der Waals surface area contributed by atoms with Crippen LogP contribution in [-0.4, -0.2) is 42.1 Å². The number of nitrogens with one attached hydrogen (secondary N) is 1. The van der Waals surface area contributed by atoms with Crippen molar-refractivity contribution in [3.05, 3.63) is 23.6 Å². The average Bonchev–Trinajstić information content (AvgIpc) is 2.46. The number of amides is 1. The molecule has 0 aromatic carbocycles. The van der Waals surface area contributed by atoms with Crippen molar-refractivity contribution in [3.63, 3.8) is 0 Å². The van der Waals surface area contributed by atoms with Crippen LogP contribution in [0.4, 0.5) is 23.4 Å². The van der Waals surface area contributed by atoms with Crippen LogP contribution in [0.2, 0.25) is 0 Å². The maximum absolute atomic E-state index is 14.0. The van der Waals surface area contributed by atoms with Crippen LogP contribution in [-0.2, 0) is 0 Å². The van der Waals surface area contributed by atoms with E-state index in [1.807, 2.05) is 0 Å². The lowest BCUT2D eigenvalue weighted by molar-refractivity contribution is -0.183. The highest BCUT2D eigenvalue weighted by Gasteiger charge is 2.42. The molecule has 2 heterocycles. The van der Waals surface area contributed by atoms with E-state index in [0.717, 1.165) is 0 Å². The number of rotatable bonds is 2. The molecule has 116 valence electrons. The SMILES string of the molecule is CNc1nccc(C(=O)N2CCC(C(F)(F)F)CC2)c1F. The standard InChI is InChI=1S/C13H15F4N3O/c1-18-11-10(14)9(2-5-19-11)12(21)20-6-3-8(4-7-20)13(15,16)17/h2,5,8H,3-4,6-7H2,1H3,(H,18,19). The fourth-order valence-electron chi connectivity index (χ4n) is 2.36. The zero-order valence-electron chi connectivity index (χ0n) is 11.4. The Morgan fingerprint density at radius 1 is 1.38 bits per heavy atom. The molecule has 1 N–H and O–H groups in total.